The SMILES string of the molecule is Cc1c(Nc2nc(C(F)F)nc3cc(CN4CC[C@@](C)(O)C4)cnc23)cccc1-c1cccc(-c2nc3cc(CN4CCC(C(=O)O)CC4)cc(C#N)c3o2)c1C. The summed E-state index contributed by atoms with van der Waals surface area (Å²) in [7, 11) is 0. The highest BCUT2D eigenvalue weighted by Crippen LogP contribution is 2.38. The van der Waals surface area contributed by atoms with Gasteiger partial charge in [0.1, 0.15) is 17.1 Å². The summed E-state index contributed by atoms with van der Waals surface area (Å²) in [6.07, 6.45) is 0.639. The van der Waals surface area contributed by atoms with Gasteiger partial charge in [0.05, 0.1) is 22.6 Å². The molecule has 3 aromatic carbocycles. The summed E-state index contributed by atoms with van der Waals surface area (Å²) in [6.45, 7) is 9.38. The number of alkyl halides is 2. The monoisotopic (exact) mass is 772 g/mol. The molecule has 0 unspecified atom stereocenters. The van der Waals surface area contributed by atoms with E-state index in [1.807, 2.05) is 62.4 Å². The molecular formula is C43H42F2N8O4. The fourth-order valence-corrected chi connectivity index (χ4v) is 8.11. The van der Waals surface area contributed by atoms with Gasteiger partial charge in [-0.05, 0) is 117 Å². The molecule has 14 heteroatoms. The number of rotatable bonds is 10. The summed E-state index contributed by atoms with van der Waals surface area (Å²) in [5, 5.41) is 33.1. The molecule has 0 amide bonds. The number of oxazole rings is 1. The third-order valence-electron chi connectivity index (χ3n) is 11.2. The Morgan fingerprint density at radius 2 is 1.67 bits per heavy atom. The number of hydrogen-bond donors (Lipinski definition) is 3. The Hall–Kier alpha value is -5.88. The van der Waals surface area contributed by atoms with Crippen molar-refractivity contribution in [1.29, 1.82) is 5.26 Å². The van der Waals surface area contributed by atoms with Crippen LogP contribution in [0.1, 0.15) is 66.3 Å². The van der Waals surface area contributed by atoms with E-state index in [9.17, 15) is 29.1 Å². The first kappa shape index (κ1) is 38.0. The van der Waals surface area contributed by atoms with E-state index in [0.717, 1.165) is 45.5 Å². The minimum atomic E-state index is -2.89. The first-order chi connectivity index (χ1) is 27.4. The molecule has 1 atom stereocenters. The molecule has 2 fully saturated rings. The van der Waals surface area contributed by atoms with Crippen LogP contribution in [0.2, 0.25) is 0 Å². The summed E-state index contributed by atoms with van der Waals surface area (Å²) < 4.78 is 34.5. The Morgan fingerprint density at radius 1 is 0.965 bits per heavy atom. The normalized spacial score (nSPS) is 18.1. The minimum Gasteiger partial charge on any atom is -0.481 e. The third-order valence-corrected chi connectivity index (χ3v) is 11.2. The molecule has 3 aromatic heterocycles. The molecule has 5 heterocycles. The number of aromatic nitrogens is 4. The molecule has 2 aliphatic heterocycles. The second-order valence-corrected chi connectivity index (χ2v) is 15.5. The van der Waals surface area contributed by atoms with Crippen molar-refractivity contribution in [2.24, 2.45) is 5.92 Å². The molecule has 0 radical (unpaired) electrons. The minimum absolute atomic E-state index is 0.167. The number of pyridine rings is 1. The maximum Gasteiger partial charge on any atom is 0.306 e. The lowest BCUT2D eigenvalue weighted by Gasteiger charge is -2.30. The lowest BCUT2D eigenvalue weighted by molar-refractivity contribution is -0.143. The number of likely N-dealkylation sites (tertiary alicyclic amines) is 2. The van der Waals surface area contributed by atoms with Gasteiger partial charge in [0.25, 0.3) is 6.43 Å². The molecule has 0 spiro atoms. The van der Waals surface area contributed by atoms with E-state index >= 15 is 0 Å². The van der Waals surface area contributed by atoms with Crippen molar-refractivity contribution in [3.63, 3.8) is 0 Å². The molecule has 0 aliphatic carbocycles. The number of β-amino-alcohol motifs (C(OH)–C–C–N with tert-alkyl or cyclic N) is 1. The Balaban J connectivity index is 1.08. The van der Waals surface area contributed by atoms with E-state index < -0.39 is 23.8 Å². The molecule has 2 saturated heterocycles. The Bertz CT molecular complexity index is 2560. The first-order valence-corrected chi connectivity index (χ1v) is 19.0. The van der Waals surface area contributed by atoms with Crippen LogP contribution in [0, 0.1) is 31.1 Å². The smallest absolute Gasteiger partial charge is 0.306 e. The first-order valence-electron chi connectivity index (χ1n) is 19.0. The number of aliphatic carboxylic acids is 1. The van der Waals surface area contributed by atoms with Crippen LogP contribution in [0.3, 0.4) is 0 Å². The number of carbonyl (C=O) groups is 1. The molecular weight excluding hydrogens is 731 g/mol. The summed E-state index contributed by atoms with van der Waals surface area (Å²) in [4.78, 5) is 33.5. The van der Waals surface area contributed by atoms with Crippen molar-refractivity contribution >= 4 is 39.6 Å². The van der Waals surface area contributed by atoms with E-state index in [1.165, 1.54) is 0 Å². The number of fused-ring (bicyclic) bond motifs is 2. The molecule has 0 bridgehead atoms. The van der Waals surface area contributed by atoms with Crippen molar-refractivity contribution in [2.45, 2.75) is 65.1 Å². The summed E-state index contributed by atoms with van der Waals surface area (Å²) >= 11 is 0. The molecule has 6 aromatic rings. The van der Waals surface area contributed by atoms with E-state index in [4.69, 9.17) is 9.40 Å². The predicted octanol–water partition coefficient (Wildman–Crippen LogP) is 7.92. The number of nitrogens with zero attached hydrogens (tertiary/aromatic N) is 7. The van der Waals surface area contributed by atoms with Crippen molar-refractivity contribution in [2.75, 3.05) is 31.5 Å². The van der Waals surface area contributed by atoms with Crippen molar-refractivity contribution in [3.05, 3.63) is 94.4 Å². The zero-order valence-electron chi connectivity index (χ0n) is 31.9. The Kier molecular flexibility index (Phi) is 10.2. The quantitative estimate of drug-likeness (QED) is 0.123. The molecule has 3 N–H and O–H groups in total. The van der Waals surface area contributed by atoms with Crippen LogP contribution < -0.4 is 5.32 Å². The van der Waals surface area contributed by atoms with Gasteiger partial charge in [-0.15, -0.1) is 0 Å². The zero-order valence-corrected chi connectivity index (χ0v) is 31.9. The number of piperidine rings is 1. The average Bonchev–Trinajstić information content (AvgIpc) is 3.77. The molecule has 0 saturated carbocycles. The van der Waals surface area contributed by atoms with E-state index in [-0.39, 0.29) is 11.7 Å². The number of benzene rings is 3. The zero-order chi connectivity index (χ0) is 40.0. The number of carboxylic acids is 1. The fourth-order valence-electron chi connectivity index (χ4n) is 8.11. The Morgan fingerprint density at radius 3 is 2.37 bits per heavy atom. The van der Waals surface area contributed by atoms with Gasteiger partial charge in [-0.3, -0.25) is 19.6 Å². The van der Waals surface area contributed by atoms with Crippen molar-refractivity contribution in [3.8, 4) is 28.7 Å². The van der Waals surface area contributed by atoms with E-state index in [2.05, 4.69) is 36.1 Å². The Labute approximate surface area is 327 Å². The van der Waals surface area contributed by atoms with Crippen LogP contribution in [0.15, 0.2) is 65.2 Å². The van der Waals surface area contributed by atoms with Crippen LogP contribution in [0.4, 0.5) is 20.3 Å². The molecule has 8 rings (SSSR count). The number of carboxylic acid groups (broad SMARTS) is 1. The van der Waals surface area contributed by atoms with Gasteiger partial charge in [-0.2, -0.15) is 5.26 Å². The number of nitriles is 1. The number of anilines is 2. The number of nitrogens with one attached hydrogen (secondary N) is 1. The number of halogens is 2. The summed E-state index contributed by atoms with van der Waals surface area (Å²) in [6, 6.07) is 19.3. The fraction of sp³-hybridized carbons (Fsp3) is 0.349. The molecule has 12 nitrogen and oxygen atoms in total. The average molecular weight is 773 g/mol. The topological polar surface area (TPSA) is 165 Å². The van der Waals surface area contributed by atoms with Crippen molar-refractivity contribution < 1.29 is 28.2 Å². The largest absolute Gasteiger partial charge is 0.481 e. The number of aliphatic hydroxyl groups is 1. The van der Waals surface area contributed by atoms with Gasteiger partial charge in [0.2, 0.25) is 5.89 Å². The van der Waals surface area contributed by atoms with Crippen LogP contribution >= 0.6 is 0 Å². The van der Waals surface area contributed by atoms with Gasteiger partial charge in [-0.25, -0.2) is 23.7 Å². The molecule has 2 aliphatic rings. The lowest BCUT2D eigenvalue weighted by atomic mass is 9.93. The van der Waals surface area contributed by atoms with Crippen molar-refractivity contribution in [1.82, 2.24) is 29.7 Å². The van der Waals surface area contributed by atoms with Crippen LogP contribution in [-0.4, -0.2) is 77.7 Å². The maximum absolute atomic E-state index is 14.1. The summed E-state index contributed by atoms with van der Waals surface area (Å²) in [5.74, 6) is -1.14. The summed E-state index contributed by atoms with van der Waals surface area (Å²) in [5.41, 5.74) is 7.91. The van der Waals surface area contributed by atoms with Crippen LogP contribution in [0.5, 0.6) is 0 Å². The number of hydrogen-bond acceptors (Lipinski definition) is 11. The second kappa shape index (κ2) is 15.2. The van der Waals surface area contributed by atoms with Gasteiger partial charge < -0.3 is 19.9 Å². The van der Waals surface area contributed by atoms with E-state index in [1.54, 1.807) is 19.2 Å². The van der Waals surface area contributed by atoms with E-state index in [0.29, 0.717) is 91.3 Å². The second-order valence-electron chi connectivity index (χ2n) is 15.5. The maximum atomic E-state index is 14.1. The predicted molar refractivity (Wildman–Crippen MR) is 211 cm³/mol. The van der Waals surface area contributed by atoms with Crippen LogP contribution in [-0.2, 0) is 17.9 Å². The standard InChI is InChI=1S/C43H42F2N8O4/c1-24-30(6-4-8-32(24)41-50-35-17-26(16-29(19-46)37(35)57-41)21-52-13-10-28(11-14-52)42(54)55)31-7-5-9-33(25(31)2)48-39-36-34(49-40(51-39)38(44)45)18-27(20-47-36)22-53-15-12-43(3,56)23-53/h4-9,16-18,20,28,38,56H,10-15,21-23H2,1-3H3,(H,54,55)(H,48,49,51)/t43-/m1/s1. The third kappa shape index (κ3) is 7.78. The highest BCUT2D eigenvalue weighted by Gasteiger charge is 2.31. The van der Waals surface area contributed by atoms with Gasteiger partial charge in [0.15, 0.2) is 17.2 Å². The van der Waals surface area contributed by atoms with Gasteiger partial charge in [0, 0.05) is 43.6 Å². The highest BCUT2D eigenvalue weighted by atomic mass is 19.3. The lowest BCUT2D eigenvalue weighted by Crippen LogP contribution is -2.35. The van der Waals surface area contributed by atoms with Gasteiger partial charge >= 0.3 is 5.97 Å². The molecule has 57 heavy (non-hydrogen) atoms. The molecule has 292 valence electrons. The van der Waals surface area contributed by atoms with Gasteiger partial charge in [-0.1, -0.05) is 24.3 Å². The van der Waals surface area contributed by atoms with Crippen LogP contribution in [0.25, 0.3) is 44.7 Å². The highest BCUT2D eigenvalue weighted by molar-refractivity contribution is 5.90.